The first-order valence-electron chi connectivity index (χ1n) is 15.7. The van der Waals surface area contributed by atoms with E-state index in [2.05, 4.69) is 27.1 Å². The van der Waals surface area contributed by atoms with E-state index >= 15 is 0 Å². The molecule has 2 fully saturated rings. The van der Waals surface area contributed by atoms with Gasteiger partial charge in [-0.15, -0.1) is 0 Å². The highest BCUT2D eigenvalue weighted by Gasteiger charge is 2.41. The third-order valence-electron chi connectivity index (χ3n) is 9.58. The van der Waals surface area contributed by atoms with Gasteiger partial charge in [-0.3, -0.25) is 23.7 Å². The Morgan fingerprint density at radius 1 is 1.00 bits per heavy atom. The minimum absolute atomic E-state index is 0.0875. The Morgan fingerprint density at radius 2 is 1.73 bits per heavy atom. The molecule has 7 rings (SSSR count). The summed E-state index contributed by atoms with van der Waals surface area (Å²) in [5.74, 6) is 0.130. The van der Waals surface area contributed by atoms with Crippen molar-refractivity contribution in [1.29, 1.82) is 0 Å². The Balaban J connectivity index is 1.03. The van der Waals surface area contributed by atoms with Crippen molar-refractivity contribution in [2.24, 2.45) is 13.0 Å². The number of aromatic nitrogens is 5. The van der Waals surface area contributed by atoms with E-state index in [1.165, 1.54) is 22.0 Å². The molecule has 0 bridgehead atoms. The summed E-state index contributed by atoms with van der Waals surface area (Å²) in [6.45, 7) is 3.52. The summed E-state index contributed by atoms with van der Waals surface area (Å²) >= 11 is 0. The summed E-state index contributed by atoms with van der Waals surface area (Å²) in [5.41, 5.74) is 2.61. The summed E-state index contributed by atoms with van der Waals surface area (Å²) in [7, 11) is 1.93. The van der Waals surface area contributed by atoms with E-state index < -0.39 is 5.60 Å². The summed E-state index contributed by atoms with van der Waals surface area (Å²) in [6.07, 6.45) is 8.93. The number of fused-ring (bicyclic) bond motifs is 1. The smallest absolute Gasteiger partial charge is 0.262 e. The number of para-hydroxylation sites is 1. The topological polar surface area (TPSA) is 101 Å². The standard InChI is InChI=1S/C35H39N7O3/c1-38-21-26(20-37-38)22-39-16-12-29(31(23-39)27-8-4-2-5-9-27)33(43)40-18-14-35(45,15-19-40)24-41-25-36-32-30(34(41)44)13-17-42(32)28-10-6-3-7-11-28/h2-11,13,17,20-21,25,29,31,45H,12,14-16,18-19,22-24H2,1H3/t29-,31+/m1/s1. The fourth-order valence-corrected chi connectivity index (χ4v) is 7.13. The largest absolute Gasteiger partial charge is 0.388 e. The van der Waals surface area contributed by atoms with Crippen LogP contribution in [0.5, 0.6) is 0 Å². The number of piperidine rings is 2. The molecule has 0 radical (unpaired) electrons. The molecule has 0 unspecified atom stereocenters. The molecular formula is C35H39N7O3. The van der Waals surface area contributed by atoms with Gasteiger partial charge in [0.2, 0.25) is 5.91 Å². The van der Waals surface area contributed by atoms with Gasteiger partial charge in [0.15, 0.2) is 5.65 Å². The molecule has 2 aromatic carbocycles. The second kappa shape index (κ2) is 12.1. The van der Waals surface area contributed by atoms with Crippen molar-refractivity contribution in [1.82, 2.24) is 33.7 Å². The summed E-state index contributed by atoms with van der Waals surface area (Å²) in [5, 5.41) is 16.4. The molecule has 2 saturated heterocycles. The molecule has 2 aliphatic rings. The molecule has 3 aromatic heterocycles. The fraction of sp³-hybridized carbons (Fsp3) is 0.371. The molecule has 1 N–H and O–H groups in total. The number of hydrogen-bond acceptors (Lipinski definition) is 6. The average Bonchev–Trinajstić information content (AvgIpc) is 3.69. The van der Waals surface area contributed by atoms with Crippen molar-refractivity contribution >= 4 is 16.9 Å². The van der Waals surface area contributed by atoms with Gasteiger partial charge in [0.25, 0.3) is 5.56 Å². The summed E-state index contributed by atoms with van der Waals surface area (Å²) in [4.78, 5) is 36.4. The number of nitrogens with zero attached hydrogens (tertiary/aromatic N) is 7. The van der Waals surface area contributed by atoms with Crippen molar-refractivity contribution in [2.75, 3.05) is 26.2 Å². The van der Waals surface area contributed by atoms with Crippen LogP contribution in [0.3, 0.4) is 0 Å². The zero-order valence-electron chi connectivity index (χ0n) is 25.6. The highest BCUT2D eigenvalue weighted by atomic mass is 16.3. The molecular weight excluding hydrogens is 566 g/mol. The van der Waals surface area contributed by atoms with Gasteiger partial charge in [-0.25, -0.2) is 4.98 Å². The lowest BCUT2D eigenvalue weighted by Gasteiger charge is -2.43. The van der Waals surface area contributed by atoms with Gasteiger partial charge < -0.3 is 14.6 Å². The zero-order valence-corrected chi connectivity index (χ0v) is 25.6. The van der Waals surface area contributed by atoms with Crippen LogP contribution >= 0.6 is 0 Å². The maximum atomic E-state index is 14.0. The van der Waals surface area contributed by atoms with E-state index in [1.807, 2.05) is 88.3 Å². The van der Waals surface area contributed by atoms with Crippen molar-refractivity contribution in [2.45, 2.75) is 43.9 Å². The minimum atomic E-state index is -1.09. The number of amides is 1. The summed E-state index contributed by atoms with van der Waals surface area (Å²) in [6, 6.07) is 21.9. The number of likely N-dealkylation sites (tertiary alicyclic amines) is 2. The van der Waals surface area contributed by atoms with Gasteiger partial charge in [-0.1, -0.05) is 48.5 Å². The lowest BCUT2D eigenvalue weighted by atomic mass is 9.79. The van der Waals surface area contributed by atoms with E-state index in [9.17, 15) is 14.7 Å². The molecule has 5 aromatic rings. The van der Waals surface area contributed by atoms with Crippen LogP contribution in [-0.4, -0.2) is 76.5 Å². The Morgan fingerprint density at radius 3 is 2.44 bits per heavy atom. The van der Waals surface area contributed by atoms with Crippen molar-refractivity contribution in [3.63, 3.8) is 0 Å². The SMILES string of the molecule is Cn1cc(CN2CC[C@@H](C(=O)N3CCC(O)(Cn4cnc5c(ccn5-c5ccccc5)c4=O)CC3)[C@H](c3ccccc3)C2)cn1. The Bertz CT molecular complexity index is 1840. The minimum Gasteiger partial charge on any atom is -0.388 e. The first-order valence-corrected chi connectivity index (χ1v) is 15.7. The Labute approximate surface area is 262 Å². The molecule has 0 saturated carbocycles. The highest BCUT2D eigenvalue weighted by Crippen LogP contribution is 2.36. The highest BCUT2D eigenvalue weighted by molar-refractivity contribution is 5.80. The van der Waals surface area contributed by atoms with Gasteiger partial charge in [-0.2, -0.15) is 5.10 Å². The number of benzene rings is 2. The van der Waals surface area contributed by atoms with Gasteiger partial charge in [0, 0.05) is 68.7 Å². The van der Waals surface area contributed by atoms with E-state index in [0.29, 0.717) is 37.0 Å². The number of aliphatic hydroxyl groups is 1. The van der Waals surface area contributed by atoms with Crippen LogP contribution in [-0.2, 0) is 24.9 Å². The molecule has 0 aliphatic carbocycles. The molecule has 2 atom stereocenters. The van der Waals surface area contributed by atoms with Crippen LogP contribution in [0.2, 0.25) is 0 Å². The molecule has 232 valence electrons. The van der Waals surface area contributed by atoms with Crippen LogP contribution < -0.4 is 5.56 Å². The van der Waals surface area contributed by atoms with Gasteiger partial charge in [-0.05, 0) is 49.6 Å². The van der Waals surface area contributed by atoms with Crippen LogP contribution in [0.1, 0.15) is 36.3 Å². The number of hydrogen-bond donors (Lipinski definition) is 1. The third-order valence-corrected chi connectivity index (χ3v) is 9.58. The van der Waals surface area contributed by atoms with Crippen molar-refractivity contribution in [3.8, 4) is 5.69 Å². The fourth-order valence-electron chi connectivity index (χ4n) is 7.13. The number of rotatable bonds is 7. The van der Waals surface area contributed by atoms with Crippen molar-refractivity contribution < 1.29 is 9.90 Å². The Kier molecular flexibility index (Phi) is 7.85. The van der Waals surface area contributed by atoms with Crippen molar-refractivity contribution in [3.05, 3.63) is 113 Å². The maximum Gasteiger partial charge on any atom is 0.262 e. The van der Waals surface area contributed by atoms with Crippen LogP contribution in [0, 0.1) is 5.92 Å². The second-order valence-electron chi connectivity index (χ2n) is 12.7. The number of aryl methyl sites for hydroxylation is 1. The van der Waals surface area contributed by atoms with E-state index in [-0.39, 0.29) is 29.8 Å². The molecule has 45 heavy (non-hydrogen) atoms. The maximum absolute atomic E-state index is 14.0. The Hall–Kier alpha value is -4.54. The molecule has 5 heterocycles. The lowest BCUT2D eigenvalue weighted by molar-refractivity contribution is -0.142. The van der Waals surface area contributed by atoms with E-state index in [0.717, 1.165) is 31.7 Å². The predicted octanol–water partition coefficient (Wildman–Crippen LogP) is 3.58. The van der Waals surface area contributed by atoms with E-state index in [4.69, 9.17) is 0 Å². The molecule has 2 aliphatic heterocycles. The lowest BCUT2D eigenvalue weighted by Crippen LogP contribution is -2.53. The number of carbonyl (C=O) groups is 1. The van der Waals surface area contributed by atoms with Gasteiger partial charge in [0.1, 0.15) is 6.33 Å². The van der Waals surface area contributed by atoms with Crippen LogP contribution in [0.15, 0.2) is 96.4 Å². The van der Waals surface area contributed by atoms with E-state index in [1.54, 1.807) is 6.07 Å². The first-order chi connectivity index (χ1) is 21.9. The van der Waals surface area contributed by atoms with Crippen LogP contribution in [0.4, 0.5) is 0 Å². The summed E-state index contributed by atoms with van der Waals surface area (Å²) < 4.78 is 5.23. The number of carbonyl (C=O) groups excluding carboxylic acids is 1. The molecule has 1 amide bonds. The molecule has 0 spiro atoms. The third kappa shape index (κ3) is 5.95. The molecule has 10 heteroatoms. The first kappa shape index (κ1) is 29.2. The normalized spacial score (nSPS) is 20.4. The molecule has 10 nitrogen and oxygen atoms in total. The van der Waals surface area contributed by atoms with Gasteiger partial charge in [0.05, 0.1) is 23.7 Å². The van der Waals surface area contributed by atoms with Crippen LogP contribution in [0.25, 0.3) is 16.7 Å². The second-order valence-corrected chi connectivity index (χ2v) is 12.7. The average molecular weight is 606 g/mol. The zero-order chi connectivity index (χ0) is 31.0. The van der Waals surface area contributed by atoms with Gasteiger partial charge >= 0.3 is 0 Å². The monoisotopic (exact) mass is 605 g/mol. The predicted molar refractivity (Wildman–Crippen MR) is 172 cm³/mol. The quantitative estimate of drug-likeness (QED) is 0.305.